The predicted octanol–water partition coefficient (Wildman–Crippen LogP) is 4.34. The fourth-order valence-electron chi connectivity index (χ4n) is 4.68. The molecule has 0 aromatic heterocycles. The van der Waals surface area contributed by atoms with Gasteiger partial charge in [0.2, 0.25) is 0 Å². The van der Waals surface area contributed by atoms with Gasteiger partial charge in [0, 0.05) is 51.0 Å². The van der Waals surface area contributed by atoms with Crippen LogP contribution in [0.4, 0.5) is 5.69 Å². The van der Waals surface area contributed by atoms with E-state index in [1.54, 1.807) is 7.05 Å². The van der Waals surface area contributed by atoms with Crippen molar-refractivity contribution < 1.29 is 4.79 Å². The molecule has 4 rings (SSSR count). The molecule has 2 N–H and O–H groups in total. The van der Waals surface area contributed by atoms with Crippen molar-refractivity contribution in [3.05, 3.63) is 65.2 Å². The molecule has 0 aliphatic carbocycles. The molecule has 0 saturated carbocycles. The smallest absolute Gasteiger partial charge is 0.253 e. The van der Waals surface area contributed by atoms with Crippen LogP contribution in [0.3, 0.4) is 0 Å². The zero-order valence-corrected chi connectivity index (χ0v) is 20.0. The van der Waals surface area contributed by atoms with E-state index >= 15 is 0 Å². The zero-order chi connectivity index (χ0) is 23.0. The van der Waals surface area contributed by atoms with E-state index in [1.165, 1.54) is 30.5 Å². The van der Waals surface area contributed by atoms with Crippen molar-refractivity contribution in [3.8, 4) is 0 Å². The summed E-state index contributed by atoms with van der Waals surface area (Å²) in [6.45, 7) is 6.87. The maximum atomic E-state index is 12.7. The summed E-state index contributed by atoms with van der Waals surface area (Å²) in [5.74, 6) is 0.916. The topological polar surface area (TPSA) is 60.0 Å². The molecule has 2 aromatic carbocycles. The van der Waals surface area contributed by atoms with Crippen molar-refractivity contribution in [2.75, 3.05) is 38.1 Å². The molecule has 2 aliphatic heterocycles. The van der Waals surface area contributed by atoms with Crippen molar-refractivity contribution in [1.82, 2.24) is 15.5 Å². The van der Waals surface area contributed by atoms with Gasteiger partial charge in [-0.25, -0.2) is 0 Å². The first-order chi connectivity index (χ1) is 16.1. The highest BCUT2D eigenvalue weighted by Crippen LogP contribution is 2.24. The first-order valence-corrected chi connectivity index (χ1v) is 12.3. The Morgan fingerprint density at radius 1 is 0.970 bits per heavy atom. The Labute approximate surface area is 198 Å². The average Bonchev–Trinajstić information content (AvgIpc) is 3.42. The van der Waals surface area contributed by atoms with E-state index in [4.69, 9.17) is 0 Å². The third kappa shape index (κ3) is 6.06. The fourth-order valence-corrected chi connectivity index (χ4v) is 4.68. The van der Waals surface area contributed by atoms with Crippen LogP contribution in [0.1, 0.15) is 66.6 Å². The van der Waals surface area contributed by atoms with Gasteiger partial charge >= 0.3 is 0 Å². The van der Waals surface area contributed by atoms with Gasteiger partial charge in [-0.2, -0.15) is 0 Å². The van der Waals surface area contributed by atoms with Crippen molar-refractivity contribution in [2.24, 2.45) is 4.99 Å². The van der Waals surface area contributed by atoms with E-state index in [9.17, 15) is 4.79 Å². The summed E-state index contributed by atoms with van der Waals surface area (Å²) in [5, 5.41) is 6.90. The van der Waals surface area contributed by atoms with Gasteiger partial charge in [0.1, 0.15) is 0 Å². The zero-order valence-electron chi connectivity index (χ0n) is 20.0. The Hall–Kier alpha value is -3.02. The molecule has 1 unspecified atom stereocenters. The number of nitrogens with zero attached hydrogens (tertiary/aromatic N) is 3. The van der Waals surface area contributed by atoms with Gasteiger partial charge in [0.25, 0.3) is 5.91 Å². The van der Waals surface area contributed by atoms with Gasteiger partial charge < -0.3 is 20.4 Å². The molecule has 2 heterocycles. The van der Waals surface area contributed by atoms with Crippen LogP contribution in [-0.4, -0.2) is 50.0 Å². The minimum atomic E-state index is 0.142. The van der Waals surface area contributed by atoms with E-state index in [0.29, 0.717) is 6.54 Å². The van der Waals surface area contributed by atoms with Crippen LogP contribution >= 0.6 is 0 Å². The lowest BCUT2D eigenvalue weighted by Gasteiger charge is -2.26. The molecule has 0 spiro atoms. The molecule has 6 nitrogen and oxygen atoms in total. The SMILES string of the molecule is CN=C(NCc1ccc(C(=O)N2CCCCC2)cc1)NC(C)c1cccc(N2CCCC2)c1. The second-order valence-corrected chi connectivity index (χ2v) is 9.13. The number of benzene rings is 2. The number of guanidine groups is 1. The number of hydrogen-bond donors (Lipinski definition) is 2. The molecule has 2 aliphatic rings. The highest BCUT2D eigenvalue weighted by molar-refractivity contribution is 5.94. The number of carbonyl (C=O) groups is 1. The molecule has 2 saturated heterocycles. The molecule has 6 heteroatoms. The summed E-state index contributed by atoms with van der Waals surface area (Å²) in [7, 11) is 1.79. The lowest BCUT2D eigenvalue weighted by Crippen LogP contribution is -2.38. The number of nitrogens with one attached hydrogen (secondary N) is 2. The number of piperidine rings is 1. The summed E-state index contributed by atoms with van der Waals surface area (Å²) >= 11 is 0. The van der Waals surface area contributed by atoms with E-state index in [1.807, 2.05) is 29.2 Å². The summed E-state index contributed by atoms with van der Waals surface area (Å²) in [5.41, 5.74) is 4.45. The van der Waals surface area contributed by atoms with Crippen LogP contribution in [-0.2, 0) is 6.54 Å². The summed E-state index contributed by atoms with van der Waals surface area (Å²) in [4.78, 5) is 21.5. The van der Waals surface area contributed by atoms with Gasteiger partial charge in [0.15, 0.2) is 5.96 Å². The molecule has 0 radical (unpaired) electrons. The Bertz CT molecular complexity index is 943. The highest BCUT2D eigenvalue weighted by Gasteiger charge is 2.18. The Morgan fingerprint density at radius 3 is 2.36 bits per heavy atom. The molecular formula is C27H37N5O. The largest absolute Gasteiger partial charge is 0.372 e. The monoisotopic (exact) mass is 447 g/mol. The lowest BCUT2D eigenvalue weighted by atomic mass is 10.1. The Kier molecular flexibility index (Phi) is 7.87. The highest BCUT2D eigenvalue weighted by atomic mass is 16.2. The lowest BCUT2D eigenvalue weighted by molar-refractivity contribution is 0.0724. The van der Waals surface area contributed by atoms with E-state index < -0.39 is 0 Å². The van der Waals surface area contributed by atoms with Gasteiger partial charge in [-0.05, 0) is 74.4 Å². The average molecular weight is 448 g/mol. The third-order valence-corrected chi connectivity index (χ3v) is 6.72. The van der Waals surface area contributed by atoms with Crippen LogP contribution in [0.5, 0.6) is 0 Å². The van der Waals surface area contributed by atoms with E-state index in [2.05, 4.69) is 51.7 Å². The molecular weight excluding hydrogens is 410 g/mol. The minimum Gasteiger partial charge on any atom is -0.372 e. The number of rotatable bonds is 6. The molecule has 0 bridgehead atoms. The van der Waals surface area contributed by atoms with Crippen LogP contribution in [0.25, 0.3) is 0 Å². The predicted molar refractivity (Wildman–Crippen MR) is 136 cm³/mol. The summed E-state index contributed by atoms with van der Waals surface area (Å²) < 4.78 is 0. The van der Waals surface area contributed by atoms with Crippen molar-refractivity contribution in [2.45, 2.75) is 51.6 Å². The van der Waals surface area contributed by atoms with Crippen LogP contribution in [0.15, 0.2) is 53.5 Å². The van der Waals surface area contributed by atoms with Gasteiger partial charge in [-0.3, -0.25) is 9.79 Å². The van der Waals surface area contributed by atoms with Crippen LogP contribution < -0.4 is 15.5 Å². The third-order valence-electron chi connectivity index (χ3n) is 6.72. The number of hydrogen-bond acceptors (Lipinski definition) is 3. The molecule has 2 fully saturated rings. The molecule has 1 amide bonds. The van der Waals surface area contributed by atoms with Gasteiger partial charge in [-0.1, -0.05) is 24.3 Å². The van der Waals surface area contributed by atoms with Crippen molar-refractivity contribution >= 4 is 17.6 Å². The second-order valence-electron chi connectivity index (χ2n) is 9.13. The van der Waals surface area contributed by atoms with Crippen molar-refractivity contribution in [3.63, 3.8) is 0 Å². The summed E-state index contributed by atoms with van der Waals surface area (Å²) in [6.07, 6.45) is 6.01. The van der Waals surface area contributed by atoms with Gasteiger partial charge in [0.05, 0.1) is 6.04 Å². The van der Waals surface area contributed by atoms with E-state index in [0.717, 1.165) is 56.1 Å². The van der Waals surface area contributed by atoms with Gasteiger partial charge in [-0.15, -0.1) is 0 Å². The number of aliphatic imine (C=N–C) groups is 1. The molecule has 2 aromatic rings. The normalized spacial score (nSPS) is 17.7. The number of amides is 1. The number of anilines is 1. The maximum Gasteiger partial charge on any atom is 0.253 e. The second kappa shape index (κ2) is 11.2. The van der Waals surface area contributed by atoms with E-state index in [-0.39, 0.29) is 11.9 Å². The maximum absolute atomic E-state index is 12.7. The van der Waals surface area contributed by atoms with Crippen LogP contribution in [0, 0.1) is 0 Å². The Balaban J connectivity index is 1.30. The minimum absolute atomic E-state index is 0.142. The number of carbonyl (C=O) groups excluding carboxylic acids is 1. The molecule has 176 valence electrons. The first-order valence-electron chi connectivity index (χ1n) is 12.3. The fraction of sp³-hybridized carbons (Fsp3) is 0.481. The van der Waals surface area contributed by atoms with Crippen molar-refractivity contribution in [1.29, 1.82) is 0 Å². The first kappa shape index (κ1) is 23.1. The summed E-state index contributed by atoms with van der Waals surface area (Å²) in [6, 6.07) is 16.9. The quantitative estimate of drug-likeness (QED) is 0.511. The Morgan fingerprint density at radius 2 is 1.67 bits per heavy atom. The number of likely N-dealkylation sites (tertiary alicyclic amines) is 1. The molecule has 1 atom stereocenters. The standard InChI is InChI=1S/C27H37N5O/c1-21(24-9-8-10-25(19-24)31-15-6-7-16-31)30-27(28-2)29-20-22-11-13-23(14-12-22)26(33)32-17-4-3-5-18-32/h8-14,19,21H,3-7,15-18,20H2,1-2H3,(H2,28,29,30). The van der Waals surface area contributed by atoms with Crippen LogP contribution in [0.2, 0.25) is 0 Å². The molecule has 33 heavy (non-hydrogen) atoms.